The van der Waals surface area contributed by atoms with Gasteiger partial charge in [0, 0.05) is 30.7 Å². The number of likely N-dealkylation sites (tertiary alicyclic amines) is 1. The predicted molar refractivity (Wildman–Crippen MR) is 130 cm³/mol. The van der Waals surface area contributed by atoms with E-state index in [1.807, 2.05) is 32.9 Å². The van der Waals surface area contributed by atoms with Crippen LogP contribution >= 0.6 is 0 Å². The van der Waals surface area contributed by atoms with Crippen LogP contribution in [0.1, 0.15) is 81.3 Å². The quantitative estimate of drug-likeness (QED) is 0.270. The first-order valence-electron chi connectivity index (χ1n) is 11.9. The Hall–Kier alpha value is -2.07. The molecule has 4 nitrogen and oxygen atoms in total. The maximum absolute atomic E-state index is 12.7. The van der Waals surface area contributed by atoms with Crippen LogP contribution in [0.4, 0.5) is 0 Å². The number of benzene rings is 1. The zero-order chi connectivity index (χ0) is 22.8. The Balaban J connectivity index is 1.82. The van der Waals surface area contributed by atoms with Gasteiger partial charge in [-0.1, -0.05) is 43.0 Å². The van der Waals surface area contributed by atoms with Crippen molar-refractivity contribution in [2.75, 3.05) is 19.7 Å². The van der Waals surface area contributed by atoms with E-state index < -0.39 is 0 Å². The fourth-order valence-corrected chi connectivity index (χ4v) is 4.24. The van der Waals surface area contributed by atoms with Crippen molar-refractivity contribution in [1.82, 2.24) is 10.2 Å². The number of carbonyl (C=O) groups is 1. The van der Waals surface area contributed by atoms with Gasteiger partial charge in [0.15, 0.2) is 0 Å². The maximum Gasteiger partial charge on any atom is 0.251 e. The summed E-state index contributed by atoms with van der Waals surface area (Å²) in [7, 11) is 0. The van der Waals surface area contributed by atoms with E-state index in [2.05, 4.69) is 49.2 Å². The van der Waals surface area contributed by atoms with E-state index in [0.29, 0.717) is 6.04 Å². The summed E-state index contributed by atoms with van der Waals surface area (Å²) in [6.07, 6.45) is 9.89. The van der Waals surface area contributed by atoms with Crippen LogP contribution in [0.15, 0.2) is 41.7 Å². The molecule has 2 rings (SSSR count). The molecule has 2 unspecified atom stereocenters. The van der Waals surface area contributed by atoms with Gasteiger partial charge in [0.2, 0.25) is 0 Å². The van der Waals surface area contributed by atoms with E-state index in [1.54, 1.807) is 0 Å². The summed E-state index contributed by atoms with van der Waals surface area (Å²) < 4.78 is 5.96. The van der Waals surface area contributed by atoms with Crippen LogP contribution in [0.2, 0.25) is 0 Å². The highest BCUT2D eigenvalue weighted by Crippen LogP contribution is 2.19. The third kappa shape index (κ3) is 8.17. The number of allylic oxidation sites excluding steroid dienone is 2. The summed E-state index contributed by atoms with van der Waals surface area (Å²) >= 11 is 0. The normalized spacial score (nSPS) is 18.8. The molecule has 0 bridgehead atoms. The number of rotatable bonds is 11. The third-order valence-corrected chi connectivity index (χ3v) is 6.08. The molecule has 0 radical (unpaired) electrons. The molecule has 4 heteroatoms. The van der Waals surface area contributed by atoms with Crippen molar-refractivity contribution in [3.05, 3.63) is 58.4 Å². The Morgan fingerprint density at radius 1 is 1.26 bits per heavy atom. The summed E-state index contributed by atoms with van der Waals surface area (Å²) in [5, 5.41) is 3.23. The van der Waals surface area contributed by atoms with Crippen molar-refractivity contribution in [2.45, 2.75) is 85.7 Å². The first kappa shape index (κ1) is 25.2. The highest BCUT2D eigenvalue weighted by atomic mass is 16.5. The zero-order valence-corrected chi connectivity index (χ0v) is 20.5. The Morgan fingerprint density at radius 3 is 2.61 bits per heavy atom. The van der Waals surface area contributed by atoms with Crippen LogP contribution in [-0.4, -0.2) is 42.6 Å². The molecule has 0 spiro atoms. The van der Waals surface area contributed by atoms with Gasteiger partial charge in [0.1, 0.15) is 5.76 Å². The van der Waals surface area contributed by atoms with Gasteiger partial charge in [-0.05, 0) is 77.7 Å². The SMILES string of the molecule is C/C=C(OCCCCC)\C(C)=C/CC(C)N1CCC(NC(=O)c2cc(C)cc(C)c2)C1. The maximum atomic E-state index is 12.7. The van der Waals surface area contributed by atoms with E-state index in [4.69, 9.17) is 4.74 Å². The highest BCUT2D eigenvalue weighted by molar-refractivity contribution is 5.94. The molecule has 1 aliphatic heterocycles. The van der Waals surface area contributed by atoms with Crippen molar-refractivity contribution < 1.29 is 9.53 Å². The number of hydrogen-bond acceptors (Lipinski definition) is 3. The molecular weight excluding hydrogens is 384 g/mol. The van der Waals surface area contributed by atoms with E-state index in [-0.39, 0.29) is 11.9 Å². The zero-order valence-electron chi connectivity index (χ0n) is 20.5. The lowest BCUT2D eigenvalue weighted by Crippen LogP contribution is -2.39. The fourth-order valence-electron chi connectivity index (χ4n) is 4.24. The molecule has 1 saturated heterocycles. The highest BCUT2D eigenvalue weighted by Gasteiger charge is 2.27. The van der Waals surface area contributed by atoms with Gasteiger partial charge < -0.3 is 10.1 Å². The topological polar surface area (TPSA) is 41.6 Å². The molecule has 172 valence electrons. The summed E-state index contributed by atoms with van der Waals surface area (Å²) in [6.45, 7) is 15.5. The average molecular weight is 427 g/mol. The summed E-state index contributed by atoms with van der Waals surface area (Å²) in [5.74, 6) is 1.04. The van der Waals surface area contributed by atoms with Crippen LogP contribution in [0.25, 0.3) is 0 Å². The van der Waals surface area contributed by atoms with E-state index >= 15 is 0 Å². The average Bonchev–Trinajstić information content (AvgIpc) is 3.19. The lowest BCUT2D eigenvalue weighted by molar-refractivity contribution is 0.0936. The Labute approximate surface area is 189 Å². The van der Waals surface area contributed by atoms with Crippen molar-refractivity contribution in [1.29, 1.82) is 0 Å². The minimum absolute atomic E-state index is 0.0417. The molecule has 1 aromatic carbocycles. The van der Waals surface area contributed by atoms with Gasteiger partial charge in [-0.3, -0.25) is 9.69 Å². The van der Waals surface area contributed by atoms with Gasteiger partial charge in [-0.15, -0.1) is 0 Å². The smallest absolute Gasteiger partial charge is 0.251 e. The van der Waals surface area contributed by atoms with Crippen molar-refractivity contribution >= 4 is 5.91 Å². The number of aryl methyl sites for hydroxylation is 2. The molecule has 0 aliphatic carbocycles. The number of amides is 1. The molecule has 1 heterocycles. The number of nitrogens with zero attached hydrogens (tertiary/aromatic N) is 1. The van der Waals surface area contributed by atoms with Gasteiger partial charge in [0.05, 0.1) is 6.61 Å². The van der Waals surface area contributed by atoms with Crippen LogP contribution in [0, 0.1) is 13.8 Å². The second-order valence-corrected chi connectivity index (χ2v) is 9.01. The number of nitrogens with one attached hydrogen (secondary N) is 1. The van der Waals surface area contributed by atoms with Crippen LogP contribution in [0.5, 0.6) is 0 Å². The lowest BCUT2D eigenvalue weighted by atomic mass is 10.1. The third-order valence-electron chi connectivity index (χ3n) is 6.08. The second kappa shape index (κ2) is 12.7. The molecular formula is C27H42N2O2. The monoisotopic (exact) mass is 426 g/mol. The summed E-state index contributed by atoms with van der Waals surface area (Å²) in [4.78, 5) is 15.2. The van der Waals surface area contributed by atoms with E-state index in [9.17, 15) is 4.79 Å². The second-order valence-electron chi connectivity index (χ2n) is 9.01. The number of hydrogen-bond donors (Lipinski definition) is 1. The number of ether oxygens (including phenoxy) is 1. The van der Waals surface area contributed by atoms with Crippen LogP contribution < -0.4 is 5.32 Å². The number of carbonyl (C=O) groups excluding carboxylic acids is 1. The van der Waals surface area contributed by atoms with Crippen LogP contribution in [-0.2, 0) is 4.74 Å². The molecule has 31 heavy (non-hydrogen) atoms. The number of unbranched alkanes of at least 4 members (excludes halogenated alkanes) is 2. The fraction of sp³-hybridized carbons (Fsp3) is 0.593. The van der Waals surface area contributed by atoms with Crippen molar-refractivity contribution in [3.8, 4) is 0 Å². The Bertz CT molecular complexity index is 761. The first-order chi connectivity index (χ1) is 14.8. The molecule has 0 aromatic heterocycles. The Morgan fingerprint density at radius 2 is 1.97 bits per heavy atom. The van der Waals surface area contributed by atoms with Crippen molar-refractivity contribution in [3.63, 3.8) is 0 Å². The standard InChI is InChI=1S/C27H42N2O2/c1-7-9-10-15-31-26(8-2)22(5)11-12-23(6)29-14-13-25(19-29)28-27(30)24-17-20(3)16-21(4)18-24/h8,11,16-18,23,25H,7,9-10,12-15,19H2,1-6H3,(H,28,30)/b22-11-,26-8+. The van der Waals surface area contributed by atoms with Gasteiger partial charge >= 0.3 is 0 Å². The first-order valence-corrected chi connectivity index (χ1v) is 11.9. The molecule has 1 aliphatic rings. The molecule has 1 N–H and O–H groups in total. The van der Waals surface area contributed by atoms with Gasteiger partial charge in [-0.2, -0.15) is 0 Å². The summed E-state index contributed by atoms with van der Waals surface area (Å²) in [6, 6.07) is 6.69. The van der Waals surface area contributed by atoms with Crippen molar-refractivity contribution in [2.24, 2.45) is 0 Å². The largest absolute Gasteiger partial charge is 0.494 e. The molecule has 1 fully saturated rings. The minimum Gasteiger partial charge on any atom is -0.494 e. The van der Waals surface area contributed by atoms with Gasteiger partial charge in [0.25, 0.3) is 5.91 Å². The predicted octanol–water partition coefficient (Wildman–Crippen LogP) is 5.94. The van der Waals surface area contributed by atoms with E-state index in [1.165, 1.54) is 18.4 Å². The molecule has 0 saturated carbocycles. The van der Waals surface area contributed by atoms with Gasteiger partial charge in [-0.25, -0.2) is 0 Å². The molecule has 2 atom stereocenters. The summed E-state index contributed by atoms with van der Waals surface area (Å²) in [5.41, 5.74) is 4.23. The lowest BCUT2D eigenvalue weighted by Gasteiger charge is -2.24. The molecule has 1 aromatic rings. The minimum atomic E-state index is 0.0417. The van der Waals surface area contributed by atoms with Crippen LogP contribution in [0.3, 0.4) is 0 Å². The van der Waals surface area contributed by atoms with E-state index in [0.717, 1.165) is 61.4 Å². The molecule has 1 amide bonds. The Kier molecular flexibility index (Phi) is 10.3.